The summed E-state index contributed by atoms with van der Waals surface area (Å²) in [7, 11) is 3.15. The summed E-state index contributed by atoms with van der Waals surface area (Å²) in [5.74, 6) is 1.75. The number of nitrogens with zero attached hydrogens (tertiary/aromatic N) is 2. The van der Waals surface area contributed by atoms with Gasteiger partial charge in [-0.2, -0.15) is 0 Å². The number of H-pyrrole nitrogens is 1. The summed E-state index contributed by atoms with van der Waals surface area (Å²) in [6.07, 6.45) is 0. The average Bonchev–Trinajstić information content (AvgIpc) is 3.21. The lowest BCUT2D eigenvalue weighted by Crippen LogP contribution is -2.14. The number of ketones is 1. The Morgan fingerprint density at radius 2 is 1.72 bits per heavy atom. The number of thioether (sulfide) groups is 1. The molecule has 3 aromatic rings. The quantitative estimate of drug-likeness (QED) is 0.431. The van der Waals surface area contributed by atoms with Gasteiger partial charge in [0.2, 0.25) is 11.1 Å². The molecule has 0 spiro atoms. The summed E-state index contributed by atoms with van der Waals surface area (Å²) >= 11 is 1.21. The number of carbonyl (C=O) groups is 2. The molecule has 0 saturated carbocycles. The topological polar surface area (TPSA) is 106 Å². The van der Waals surface area contributed by atoms with Crippen molar-refractivity contribution in [2.24, 2.45) is 0 Å². The molecule has 2 N–H and O–H groups in total. The maximum absolute atomic E-state index is 12.2. The van der Waals surface area contributed by atoms with Crippen molar-refractivity contribution in [3.63, 3.8) is 0 Å². The van der Waals surface area contributed by atoms with Crippen LogP contribution in [0.25, 0.3) is 11.4 Å². The molecule has 150 valence electrons. The average molecular weight is 412 g/mol. The monoisotopic (exact) mass is 412 g/mol. The number of carbonyl (C=O) groups excluding carboxylic acids is 2. The fourth-order valence-corrected chi connectivity index (χ4v) is 3.10. The van der Waals surface area contributed by atoms with Gasteiger partial charge in [0.05, 0.1) is 20.0 Å². The van der Waals surface area contributed by atoms with E-state index in [1.807, 2.05) is 12.1 Å². The van der Waals surface area contributed by atoms with Gasteiger partial charge < -0.3 is 14.8 Å². The Morgan fingerprint density at radius 3 is 2.31 bits per heavy atom. The van der Waals surface area contributed by atoms with Crippen molar-refractivity contribution in [1.82, 2.24) is 15.2 Å². The molecule has 1 heterocycles. The first-order valence-electron chi connectivity index (χ1n) is 8.68. The summed E-state index contributed by atoms with van der Waals surface area (Å²) in [5.41, 5.74) is 1.98. The minimum Gasteiger partial charge on any atom is -0.497 e. The predicted octanol–water partition coefficient (Wildman–Crippen LogP) is 3.42. The first-order chi connectivity index (χ1) is 14.0. The molecule has 2 aromatic carbocycles. The number of methoxy groups -OCH3 is 2. The molecule has 0 atom stereocenters. The molecule has 9 heteroatoms. The van der Waals surface area contributed by atoms with Crippen LogP contribution >= 0.6 is 11.8 Å². The standard InChI is InChI=1S/C20H20N4O4S/c1-12(25)13-4-6-15(7-5-13)21-18(26)11-29-20-22-19(23-24-20)14-8-16(27-2)10-17(9-14)28-3/h4-10H,11H2,1-3H3,(H,21,26)(H,22,23,24). The van der Waals surface area contributed by atoms with E-state index in [1.54, 1.807) is 44.6 Å². The van der Waals surface area contributed by atoms with Crippen LogP contribution in [0.5, 0.6) is 11.5 Å². The van der Waals surface area contributed by atoms with Gasteiger partial charge in [0, 0.05) is 22.9 Å². The molecule has 1 amide bonds. The van der Waals surface area contributed by atoms with E-state index >= 15 is 0 Å². The van der Waals surface area contributed by atoms with E-state index in [1.165, 1.54) is 18.7 Å². The number of ether oxygens (including phenoxy) is 2. The molecule has 0 aliphatic heterocycles. The Kier molecular flexibility index (Phi) is 6.50. The van der Waals surface area contributed by atoms with Crippen LogP contribution in [-0.4, -0.2) is 46.8 Å². The highest BCUT2D eigenvalue weighted by Crippen LogP contribution is 2.28. The fourth-order valence-electron chi connectivity index (χ4n) is 2.50. The zero-order chi connectivity index (χ0) is 20.8. The molecule has 1 aromatic heterocycles. The molecule has 0 saturated heterocycles. The van der Waals surface area contributed by atoms with Crippen LogP contribution in [0.2, 0.25) is 0 Å². The predicted molar refractivity (Wildman–Crippen MR) is 111 cm³/mol. The second-order valence-electron chi connectivity index (χ2n) is 6.04. The Labute approximate surface area is 172 Å². The molecule has 0 aliphatic carbocycles. The van der Waals surface area contributed by atoms with Gasteiger partial charge in [0.25, 0.3) is 0 Å². The lowest BCUT2D eigenvalue weighted by molar-refractivity contribution is -0.113. The number of anilines is 1. The second kappa shape index (κ2) is 9.24. The van der Waals surface area contributed by atoms with Gasteiger partial charge in [-0.3, -0.25) is 14.7 Å². The van der Waals surface area contributed by atoms with Gasteiger partial charge in [-0.15, -0.1) is 5.10 Å². The number of aromatic amines is 1. The van der Waals surface area contributed by atoms with Crippen molar-refractivity contribution in [1.29, 1.82) is 0 Å². The molecule has 3 rings (SSSR count). The van der Waals surface area contributed by atoms with Gasteiger partial charge in [-0.05, 0) is 43.3 Å². The van der Waals surface area contributed by atoms with Gasteiger partial charge in [0.15, 0.2) is 11.6 Å². The van der Waals surface area contributed by atoms with Crippen LogP contribution in [0.15, 0.2) is 47.6 Å². The highest BCUT2D eigenvalue weighted by molar-refractivity contribution is 7.99. The number of Topliss-reactive ketones (excluding diaryl/α,β-unsaturated/α-hetero) is 1. The Morgan fingerprint density at radius 1 is 1.07 bits per heavy atom. The van der Waals surface area contributed by atoms with E-state index in [0.29, 0.717) is 33.7 Å². The van der Waals surface area contributed by atoms with Gasteiger partial charge >= 0.3 is 0 Å². The molecule has 0 fully saturated rings. The second-order valence-corrected chi connectivity index (χ2v) is 6.98. The van der Waals surface area contributed by atoms with Gasteiger partial charge in [-0.1, -0.05) is 11.8 Å². The van der Waals surface area contributed by atoms with E-state index in [9.17, 15) is 9.59 Å². The number of aromatic nitrogens is 3. The number of nitrogens with one attached hydrogen (secondary N) is 2. The van der Waals surface area contributed by atoms with Gasteiger partial charge in [-0.25, -0.2) is 4.98 Å². The highest BCUT2D eigenvalue weighted by Gasteiger charge is 2.12. The van der Waals surface area contributed by atoms with Crippen molar-refractivity contribution < 1.29 is 19.1 Å². The minimum absolute atomic E-state index is 0.0208. The van der Waals surface area contributed by atoms with Crippen molar-refractivity contribution in [3.8, 4) is 22.9 Å². The lowest BCUT2D eigenvalue weighted by Gasteiger charge is -2.06. The van der Waals surface area contributed by atoms with Crippen LogP contribution in [0, 0.1) is 0 Å². The third-order valence-corrected chi connectivity index (χ3v) is 4.84. The molecule has 29 heavy (non-hydrogen) atoms. The third-order valence-electron chi connectivity index (χ3n) is 4.00. The number of benzene rings is 2. The van der Waals surface area contributed by atoms with Crippen molar-refractivity contribution in [2.75, 3.05) is 25.3 Å². The number of hydrogen-bond donors (Lipinski definition) is 2. The molecule has 0 radical (unpaired) electrons. The van der Waals surface area contributed by atoms with E-state index in [4.69, 9.17) is 9.47 Å². The zero-order valence-electron chi connectivity index (χ0n) is 16.2. The molecule has 0 bridgehead atoms. The Bertz CT molecular complexity index is 995. The third kappa shape index (κ3) is 5.35. The maximum Gasteiger partial charge on any atom is 0.234 e. The van der Waals surface area contributed by atoms with Crippen LogP contribution in [0.1, 0.15) is 17.3 Å². The maximum atomic E-state index is 12.2. The summed E-state index contributed by atoms with van der Waals surface area (Å²) in [4.78, 5) is 27.9. The summed E-state index contributed by atoms with van der Waals surface area (Å²) in [6.45, 7) is 1.50. The number of rotatable bonds is 8. The Hall–Kier alpha value is -3.33. The Balaban J connectivity index is 1.60. The van der Waals surface area contributed by atoms with E-state index in [0.717, 1.165) is 5.56 Å². The number of amides is 1. The largest absolute Gasteiger partial charge is 0.497 e. The molecular formula is C20H20N4O4S. The lowest BCUT2D eigenvalue weighted by atomic mass is 10.1. The number of hydrogen-bond acceptors (Lipinski definition) is 7. The molecule has 0 unspecified atom stereocenters. The van der Waals surface area contributed by atoms with Crippen molar-refractivity contribution >= 4 is 29.1 Å². The summed E-state index contributed by atoms with van der Waals surface area (Å²) < 4.78 is 10.5. The molecular weight excluding hydrogens is 392 g/mol. The van der Waals surface area contributed by atoms with E-state index < -0.39 is 0 Å². The summed E-state index contributed by atoms with van der Waals surface area (Å²) in [5, 5.41) is 10.2. The van der Waals surface area contributed by atoms with Crippen molar-refractivity contribution in [3.05, 3.63) is 48.0 Å². The smallest absolute Gasteiger partial charge is 0.234 e. The first kappa shape index (κ1) is 20.4. The molecule has 8 nitrogen and oxygen atoms in total. The zero-order valence-corrected chi connectivity index (χ0v) is 17.0. The van der Waals surface area contributed by atoms with Crippen LogP contribution < -0.4 is 14.8 Å². The van der Waals surface area contributed by atoms with Crippen LogP contribution in [0.3, 0.4) is 0 Å². The summed E-state index contributed by atoms with van der Waals surface area (Å²) in [6, 6.07) is 12.1. The highest BCUT2D eigenvalue weighted by atomic mass is 32.2. The first-order valence-corrected chi connectivity index (χ1v) is 9.66. The van der Waals surface area contributed by atoms with Crippen LogP contribution in [0.4, 0.5) is 5.69 Å². The van der Waals surface area contributed by atoms with Crippen LogP contribution in [-0.2, 0) is 4.79 Å². The SMILES string of the molecule is COc1cc(OC)cc(-c2nc(SCC(=O)Nc3ccc(C(C)=O)cc3)n[nH]2)c1. The van der Waals surface area contributed by atoms with Crippen molar-refractivity contribution in [2.45, 2.75) is 12.1 Å². The van der Waals surface area contributed by atoms with E-state index in [2.05, 4.69) is 20.5 Å². The molecule has 0 aliphatic rings. The normalized spacial score (nSPS) is 10.4. The minimum atomic E-state index is -0.194. The van der Waals surface area contributed by atoms with Gasteiger partial charge in [0.1, 0.15) is 11.5 Å². The van der Waals surface area contributed by atoms with E-state index in [-0.39, 0.29) is 17.4 Å². The fraction of sp³-hybridized carbons (Fsp3) is 0.200.